The monoisotopic (exact) mass is 363 g/mol. The fraction of sp³-hybridized carbons (Fsp3) is 0.412. The molecule has 0 saturated carbocycles. The van der Waals surface area contributed by atoms with Crippen LogP contribution in [0, 0.1) is 12.3 Å². The number of nitrogens with one attached hydrogen (secondary N) is 1. The Labute approximate surface area is 148 Å². The minimum absolute atomic E-state index is 0.110. The molecule has 134 valence electrons. The normalized spacial score (nSPS) is 16.2. The molecule has 1 aliphatic heterocycles. The Morgan fingerprint density at radius 1 is 1.16 bits per heavy atom. The Morgan fingerprint density at radius 3 is 2.28 bits per heavy atom. The van der Waals surface area contributed by atoms with Crippen LogP contribution in [0.3, 0.4) is 0 Å². The van der Waals surface area contributed by atoms with E-state index >= 15 is 0 Å². The van der Waals surface area contributed by atoms with Crippen LogP contribution in [0.1, 0.15) is 17.3 Å². The first kappa shape index (κ1) is 19.1. The van der Waals surface area contributed by atoms with Gasteiger partial charge in [-0.25, -0.2) is 8.42 Å². The summed E-state index contributed by atoms with van der Waals surface area (Å²) < 4.78 is 26.7. The van der Waals surface area contributed by atoms with Crippen molar-refractivity contribution in [3.05, 3.63) is 29.8 Å². The molecule has 1 saturated heterocycles. The van der Waals surface area contributed by atoms with Gasteiger partial charge in [0.15, 0.2) is 5.78 Å². The van der Waals surface area contributed by atoms with Gasteiger partial charge in [0.1, 0.15) is 0 Å². The summed E-state index contributed by atoms with van der Waals surface area (Å²) >= 11 is 0. The molecule has 1 heterocycles. The molecule has 0 atom stereocenters. The molecule has 0 aliphatic carbocycles. The second-order valence-electron chi connectivity index (χ2n) is 5.74. The number of rotatable bonds is 6. The topological polar surface area (TPSA) is 86.8 Å². The smallest absolute Gasteiger partial charge is 0.243 e. The van der Waals surface area contributed by atoms with Crippen LogP contribution in [-0.4, -0.2) is 68.6 Å². The first-order chi connectivity index (χ1) is 11.8. The highest BCUT2D eigenvalue weighted by Gasteiger charge is 2.29. The van der Waals surface area contributed by atoms with Crippen molar-refractivity contribution in [2.45, 2.75) is 11.8 Å². The van der Waals surface area contributed by atoms with Crippen molar-refractivity contribution >= 4 is 21.7 Å². The van der Waals surface area contributed by atoms with E-state index in [1.54, 1.807) is 0 Å². The van der Waals surface area contributed by atoms with Gasteiger partial charge in [-0.1, -0.05) is 18.1 Å². The zero-order chi connectivity index (χ0) is 18.4. The van der Waals surface area contributed by atoms with Gasteiger partial charge in [-0.15, -0.1) is 6.42 Å². The summed E-state index contributed by atoms with van der Waals surface area (Å²) in [5.74, 6) is 2.05. The summed E-state index contributed by atoms with van der Waals surface area (Å²) in [6.07, 6.45) is 5.09. The summed E-state index contributed by atoms with van der Waals surface area (Å²) in [7, 11) is -3.60. The number of benzene rings is 1. The van der Waals surface area contributed by atoms with Gasteiger partial charge in [0.25, 0.3) is 0 Å². The average molecular weight is 363 g/mol. The van der Waals surface area contributed by atoms with Crippen molar-refractivity contribution in [3.8, 4) is 12.3 Å². The first-order valence-electron chi connectivity index (χ1n) is 7.88. The van der Waals surface area contributed by atoms with Crippen molar-refractivity contribution in [1.82, 2.24) is 14.5 Å². The van der Waals surface area contributed by atoms with Crippen LogP contribution in [-0.2, 0) is 14.8 Å². The van der Waals surface area contributed by atoms with Crippen molar-refractivity contribution in [3.63, 3.8) is 0 Å². The highest BCUT2D eigenvalue weighted by Crippen LogP contribution is 2.18. The van der Waals surface area contributed by atoms with Gasteiger partial charge in [-0.2, -0.15) is 4.31 Å². The molecule has 8 heteroatoms. The molecule has 0 radical (unpaired) electrons. The van der Waals surface area contributed by atoms with Gasteiger partial charge in [0.05, 0.1) is 18.0 Å². The lowest BCUT2D eigenvalue weighted by Crippen LogP contribution is -2.51. The molecule has 0 bridgehead atoms. The van der Waals surface area contributed by atoms with E-state index in [0.717, 1.165) is 0 Å². The summed E-state index contributed by atoms with van der Waals surface area (Å²) in [4.78, 5) is 25.0. The van der Waals surface area contributed by atoms with E-state index < -0.39 is 10.0 Å². The standard InChI is InChI=1S/C17H21N3O4S/c1-3-8-18-17(22)13-19-9-11-20(12-10-19)25(23,24)16-6-4-15(5-7-16)14(2)21/h1,4-7H,8-13H2,2H3,(H,18,22). The third kappa shape index (κ3) is 4.89. The van der Waals surface area contributed by atoms with Crippen LogP contribution in [0.15, 0.2) is 29.2 Å². The Balaban J connectivity index is 1.96. The molecule has 0 aromatic heterocycles. The Bertz CT molecular complexity index is 773. The van der Waals surface area contributed by atoms with Crippen LogP contribution in [0.5, 0.6) is 0 Å². The predicted octanol–water partition coefficient (Wildman–Crippen LogP) is -0.0551. The number of piperazine rings is 1. The van der Waals surface area contributed by atoms with Crippen molar-refractivity contribution < 1.29 is 18.0 Å². The molecule has 1 aromatic carbocycles. The Morgan fingerprint density at radius 2 is 1.76 bits per heavy atom. The van der Waals surface area contributed by atoms with E-state index in [-0.39, 0.29) is 29.7 Å². The lowest BCUT2D eigenvalue weighted by atomic mass is 10.2. The quantitative estimate of drug-likeness (QED) is 0.565. The summed E-state index contributed by atoms with van der Waals surface area (Å²) in [5, 5.41) is 2.59. The minimum atomic E-state index is -3.60. The first-order valence-corrected chi connectivity index (χ1v) is 9.32. The second kappa shape index (κ2) is 8.25. The molecule has 1 aliphatic rings. The molecule has 1 fully saturated rings. The second-order valence-corrected chi connectivity index (χ2v) is 7.68. The molecule has 1 N–H and O–H groups in total. The third-order valence-corrected chi connectivity index (χ3v) is 5.90. The maximum atomic E-state index is 12.7. The zero-order valence-corrected chi connectivity index (χ0v) is 14.9. The van der Waals surface area contributed by atoms with Gasteiger partial charge in [-0.3, -0.25) is 14.5 Å². The number of Topliss-reactive ketones (excluding diaryl/α,β-unsaturated/α-hetero) is 1. The van der Waals surface area contributed by atoms with Gasteiger partial charge < -0.3 is 5.32 Å². The van der Waals surface area contributed by atoms with E-state index in [0.29, 0.717) is 31.7 Å². The number of sulfonamides is 1. The van der Waals surface area contributed by atoms with E-state index in [4.69, 9.17) is 6.42 Å². The number of carbonyl (C=O) groups is 2. The van der Waals surface area contributed by atoms with Crippen molar-refractivity contribution in [2.24, 2.45) is 0 Å². The number of terminal acetylenes is 1. The fourth-order valence-corrected chi connectivity index (χ4v) is 3.97. The predicted molar refractivity (Wildman–Crippen MR) is 93.5 cm³/mol. The maximum Gasteiger partial charge on any atom is 0.243 e. The highest BCUT2D eigenvalue weighted by molar-refractivity contribution is 7.89. The largest absolute Gasteiger partial charge is 0.344 e. The molecule has 0 spiro atoms. The number of carbonyl (C=O) groups excluding carboxylic acids is 2. The van der Waals surface area contributed by atoms with Crippen LogP contribution in [0.25, 0.3) is 0 Å². The minimum Gasteiger partial charge on any atom is -0.344 e. The molecule has 25 heavy (non-hydrogen) atoms. The number of hydrogen-bond donors (Lipinski definition) is 1. The van der Waals surface area contributed by atoms with Crippen LogP contribution in [0.2, 0.25) is 0 Å². The van der Waals surface area contributed by atoms with E-state index in [1.165, 1.54) is 35.5 Å². The number of hydrogen-bond acceptors (Lipinski definition) is 5. The average Bonchev–Trinajstić information content (AvgIpc) is 2.60. The van der Waals surface area contributed by atoms with Gasteiger partial charge >= 0.3 is 0 Å². The van der Waals surface area contributed by atoms with Gasteiger partial charge in [-0.05, 0) is 19.1 Å². The molecule has 1 amide bonds. The number of ketones is 1. The molecule has 7 nitrogen and oxygen atoms in total. The summed E-state index contributed by atoms with van der Waals surface area (Å²) in [6.45, 7) is 3.36. The molecule has 0 unspecified atom stereocenters. The lowest BCUT2D eigenvalue weighted by Gasteiger charge is -2.33. The van der Waals surface area contributed by atoms with E-state index in [9.17, 15) is 18.0 Å². The maximum absolute atomic E-state index is 12.7. The molecular formula is C17H21N3O4S. The SMILES string of the molecule is C#CCNC(=O)CN1CCN(S(=O)(=O)c2ccc(C(C)=O)cc2)CC1. The number of amides is 1. The van der Waals surface area contributed by atoms with Gasteiger partial charge in [0, 0.05) is 31.7 Å². The molecule has 1 aromatic rings. The van der Waals surface area contributed by atoms with E-state index in [2.05, 4.69) is 11.2 Å². The highest BCUT2D eigenvalue weighted by atomic mass is 32.2. The van der Waals surface area contributed by atoms with Crippen molar-refractivity contribution in [2.75, 3.05) is 39.3 Å². The summed E-state index contributed by atoms with van der Waals surface area (Å²) in [5.41, 5.74) is 0.474. The Kier molecular flexibility index (Phi) is 6.31. The lowest BCUT2D eigenvalue weighted by molar-refractivity contribution is -0.122. The van der Waals surface area contributed by atoms with Crippen LogP contribution >= 0.6 is 0 Å². The van der Waals surface area contributed by atoms with E-state index in [1.807, 2.05) is 4.90 Å². The van der Waals surface area contributed by atoms with Crippen LogP contribution < -0.4 is 5.32 Å². The molecule has 2 rings (SSSR count). The summed E-state index contributed by atoms with van der Waals surface area (Å²) in [6, 6.07) is 5.93. The Hall–Kier alpha value is -2.21. The van der Waals surface area contributed by atoms with Crippen LogP contribution in [0.4, 0.5) is 0 Å². The molecular weight excluding hydrogens is 342 g/mol. The van der Waals surface area contributed by atoms with Gasteiger partial charge in [0.2, 0.25) is 15.9 Å². The fourth-order valence-electron chi connectivity index (χ4n) is 2.55. The number of nitrogens with zero attached hydrogens (tertiary/aromatic N) is 2. The zero-order valence-electron chi connectivity index (χ0n) is 14.1. The van der Waals surface area contributed by atoms with Crippen molar-refractivity contribution in [1.29, 1.82) is 0 Å². The third-order valence-electron chi connectivity index (χ3n) is 3.98.